The molecule has 5 unspecified atom stereocenters. The second kappa shape index (κ2) is 80.4. The van der Waals surface area contributed by atoms with E-state index >= 15 is 0 Å². The van der Waals surface area contributed by atoms with Crippen LogP contribution in [-0.2, 0) is 65.4 Å². The third-order valence-corrected chi connectivity index (χ3v) is 17.9. The molecular formula is C91H142O17P2. The van der Waals surface area contributed by atoms with Gasteiger partial charge in [-0.15, -0.1) is 0 Å². The number of aliphatic hydroxyl groups excluding tert-OH is 1. The van der Waals surface area contributed by atoms with Crippen LogP contribution >= 0.6 is 15.6 Å². The van der Waals surface area contributed by atoms with Gasteiger partial charge in [0.25, 0.3) is 0 Å². The lowest BCUT2D eigenvalue weighted by molar-refractivity contribution is -0.161. The summed E-state index contributed by atoms with van der Waals surface area (Å²) in [5, 5.41) is 10.7. The fourth-order valence-corrected chi connectivity index (χ4v) is 11.5. The van der Waals surface area contributed by atoms with Crippen molar-refractivity contribution in [2.45, 2.75) is 290 Å². The van der Waals surface area contributed by atoms with Crippen molar-refractivity contribution in [2.75, 3.05) is 39.6 Å². The van der Waals surface area contributed by atoms with Gasteiger partial charge in [-0.2, -0.15) is 0 Å². The molecule has 0 bridgehead atoms. The van der Waals surface area contributed by atoms with E-state index in [1.165, 1.54) is 51.4 Å². The second-order valence-corrected chi connectivity index (χ2v) is 29.1. The number of carbonyl (C=O) groups is 4. The molecule has 19 heteroatoms. The number of allylic oxidation sites excluding steroid dienone is 36. The van der Waals surface area contributed by atoms with Crippen LogP contribution in [0.5, 0.6) is 0 Å². The average Bonchev–Trinajstić information content (AvgIpc) is 0.900. The van der Waals surface area contributed by atoms with Gasteiger partial charge in [-0.1, -0.05) is 323 Å². The Morgan fingerprint density at radius 3 is 0.727 bits per heavy atom. The van der Waals surface area contributed by atoms with E-state index in [9.17, 15) is 43.2 Å². The van der Waals surface area contributed by atoms with Gasteiger partial charge in [0.2, 0.25) is 0 Å². The van der Waals surface area contributed by atoms with Gasteiger partial charge in [-0.3, -0.25) is 37.3 Å². The highest BCUT2D eigenvalue weighted by atomic mass is 31.2. The minimum Gasteiger partial charge on any atom is -0.462 e. The lowest BCUT2D eigenvalue weighted by Gasteiger charge is -2.21. The highest BCUT2D eigenvalue weighted by Crippen LogP contribution is 2.45. The van der Waals surface area contributed by atoms with Crippen molar-refractivity contribution in [3.63, 3.8) is 0 Å². The summed E-state index contributed by atoms with van der Waals surface area (Å²) in [6.45, 7) is 4.24. The molecule has 618 valence electrons. The number of aliphatic hydroxyl groups is 1. The Hall–Kier alpha value is -6.62. The Morgan fingerprint density at radius 1 is 0.264 bits per heavy atom. The molecule has 0 aromatic rings. The van der Waals surface area contributed by atoms with Crippen molar-refractivity contribution in [1.29, 1.82) is 0 Å². The lowest BCUT2D eigenvalue weighted by atomic mass is 10.0. The molecule has 0 saturated carbocycles. The Morgan fingerprint density at radius 2 is 0.473 bits per heavy atom. The molecule has 0 radical (unpaired) electrons. The second-order valence-electron chi connectivity index (χ2n) is 26.2. The van der Waals surface area contributed by atoms with Gasteiger partial charge in [0.05, 0.1) is 26.4 Å². The molecular weight excluding hydrogens is 1430 g/mol. The van der Waals surface area contributed by atoms with Crippen LogP contribution in [0.1, 0.15) is 272 Å². The van der Waals surface area contributed by atoms with Crippen molar-refractivity contribution in [3.8, 4) is 0 Å². The van der Waals surface area contributed by atoms with E-state index in [1.807, 2.05) is 54.7 Å². The molecule has 0 aliphatic carbocycles. The van der Waals surface area contributed by atoms with Crippen LogP contribution in [0.4, 0.5) is 0 Å². The molecule has 5 atom stereocenters. The number of ether oxygens (including phenoxy) is 4. The van der Waals surface area contributed by atoms with Crippen LogP contribution in [0.2, 0.25) is 0 Å². The normalized spacial score (nSPS) is 14.9. The predicted molar refractivity (Wildman–Crippen MR) is 454 cm³/mol. The van der Waals surface area contributed by atoms with Crippen LogP contribution in [0.3, 0.4) is 0 Å². The molecule has 17 nitrogen and oxygen atoms in total. The zero-order valence-electron chi connectivity index (χ0n) is 67.6. The standard InChI is InChI=1S/C91H142O17P2/c1-5-9-13-17-21-25-29-33-36-39-42-45-48-52-55-59-63-67-71-75-88(93)101-81-86(107-90(95)77-73-69-65-61-57-51-32-28-24-20-16-12-8-4)83-105-109(97,98)103-79-85(92)80-104-110(99,100)106-84-87(108-91(96)78-74-70-66-62-58-54-50-47-44-41-38-35-31-27-23-19-15-11-7-3)82-102-89(94)76-72-68-64-60-56-53-49-46-43-40-37-34-30-26-22-18-14-10-6-2/h9-11,13-15,21-23,25-27,33-38,42-47,52-56,58,63-64,66-68,70,85-87,92H,5-8,12,16-20,24,28-32,39-41,48-51,57,59-62,65,69,71-84H2,1-4H3,(H,97,98)(H,99,100)/b13-9-,14-10-,15-11-,25-21-,26-22-,27-23-,36-33-,37-34-,38-35-,45-42-,46-43-,47-44-,55-52-,56-53-,58-54-,67-63-,68-64-,70-66-. The summed E-state index contributed by atoms with van der Waals surface area (Å²) < 4.78 is 68.4. The SMILES string of the molecule is CC/C=C\C/C=C\C/C=C\C/C=C\C/C=C\C/C=C\CCC(=O)OCC(COP(=O)(O)OCC(O)COP(=O)(O)OCC(COC(=O)CC/C=C\C/C=C\C/C=C\C/C=C\C/C=C\C/C=C\CC)OC(=O)CCCCCCCCCCCCCCC)OC(=O)CC/C=C\C/C=C\C/C=C\C/C=C\C/C=C\C/C=C\CC. The monoisotopic (exact) mass is 1570 g/mol. The topological polar surface area (TPSA) is 237 Å². The van der Waals surface area contributed by atoms with Gasteiger partial charge in [0, 0.05) is 25.7 Å². The first-order chi connectivity index (χ1) is 53.7. The first kappa shape index (κ1) is 103. The van der Waals surface area contributed by atoms with E-state index in [4.69, 9.17) is 37.0 Å². The summed E-state index contributed by atoms with van der Waals surface area (Å²) in [5.74, 6) is -2.49. The molecule has 110 heavy (non-hydrogen) atoms. The van der Waals surface area contributed by atoms with E-state index in [-0.39, 0.29) is 25.7 Å². The van der Waals surface area contributed by atoms with Crippen molar-refractivity contribution in [3.05, 3.63) is 219 Å². The smallest absolute Gasteiger partial charge is 0.462 e. The summed E-state index contributed by atoms with van der Waals surface area (Å²) >= 11 is 0. The van der Waals surface area contributed by atoms with E-state index in [0.29, 0.717) is 44.9 Å². The van der Waals surface area contributed by atoms with Gasteiger partial charge in [-0.25, -0.2) is 9.13 Å². The maximum atomic E-state index is 13.1. The number of esters is 4. The maximum Gasteiger partial charge on any atom is 0.472 e. The van der Waals surface area contributed by atoms with Crippen molar-refractivity contribution in [1.82, 2.24) is 0 Å². The quantitative estimate of drug-likeness (QED) is 0.0169. The summed E-state index contributed by atoms with van der Waals surface area (Å²) in [6.07, 6.45) is 102. The van der Waals surface area contributed by atoms with Gasteiger partial charge in [-0.05, 0) is 141 Å². The Bertz CT molecular complexity index is 2950. The van der Waals surface area contributed by atoms with E-state index in [2.05, 4.69) is 192 Å². The number of phosphoric ester groups is 2. The molecule has 0 saturated heterocycles. The zero-order valence-corrected chi connectivity index (χ0v) is 69.4. The zero-order chi connectivity index (χ0) is 80.3. The van der Waals surface area contributed by atoms with Crippen LogP contribution in [0, 0.1) is 0 Å². The van der Waals surface area contributed by atoms with Crippen molar-refractivity contribution < 1.29 is 80.2 Å². The third-order valence-electron chi connectivity index (χ3n) is 16.0. The fraction of sp³-hybridized carbons (Fsp3) is 0.560. The minimum absolute atomic E-state index is 0.00953. The van der Waals surface area contributed by atoms with Crippen molar-refractivity contribution >= 4 is 39.5 Å². The van der Waals surface area contributed by atoms with Gasteiger partial charge < -0.3 is 33.8 Å². The fourth-order valence-electron chi connectivity index (χ4n) is 9.89. The number of hydrogen-bond acceptors (Lipinski definition) is 15. The first-order valence-corrected chi connectivity index (χ1v) is 44.0. The maximum absolute atomic E-state index is 13.1. The molecule has 0 aliphatic rings. The Labute approximate surface area is 664 Å². The van der Waals surface area contributed by atoms with Crippen LogP contribution < -0.4 is 0 Å². The molecule has 3 N–H and O–H groups in total. The summed E-state index contributed by atoms with van der Waals surface area (Å²) in [7, 11) is -10.0. The number of unbranched alkanes of at least 4 members (excludes halogenated alkanes) is 12. The Kier molecular flexibility index (Phi) is 75.6. The van der Waals surface area contributed by atoms with Gasteiger partial charge in [0.1, 0.15) is 19.3 Å². The van der Waals surface area contributed by atoms with E-state index in [1.54, 1.807) is 0 Å². The van der Waals surface area contributed by atoms with E-state index < -0.39 is 97.5 Å². The summed E-state index contributed by atoms with van der Waals surface area (Å²) in [4.78, 5) is 73.0. The summed E-state index contributed by atoms with van der Waals surface area (Å²) in [5.41, 5.74) is 0. The number of hydrogen-bond donors (Lipinski definition) is 3. The molecule has 0 aliphatic heterocycles. The molecule has 0 fully saturated rings. The van der Waals surface area contributed by atoms with Crippen LogP contribution in [0.25, 0.3) is 0 Å². The largest absolute Gasteiger partial charge is 0.472 e. The average molecular weight is 1570 g/mol. The predicted octanol–water partition coefficient (Wildman–Crippen LogP) is 24.4. The highest BCUT2D eigenvalue weighted by molar-refractivity contribution is 7.47. The lowest BCUT2D eigenvalue weighted by Crippen LogP contribution is -2.30. The van der Waals surface area contributed by atoms with Crippen LogP contribution in [0.15, 0.2) is 219 Å². The highest BCUT2D eigenvalue weighted by Gasteiger charge is 2.30. The van der Waals surface area contributed by atoms with Gasteiger partial charge >= 0.3 is 39.5 Å². The van der Waals surface area contributed by atoms with Gasteiger partial charge in [0.15, 0.2) is 12.2 Å². The van der Waals surface area contributed by atoms with Crippen LogP contribution in [-0.4, -0.2) is 96.7 Å². The third kappa shape index (κ3) is 79.5. The minimum atomic E-state index is -5.03. The molecule has 0 heterocycles. The molecule has 0 aromatic carbocycles. The van der Waals surface area contributed by atoms with Crippen molar-refractivity contribution in [2.24, 2.45) is 0 Å². The summed E-state index contributed by atoms with van der Waals surface area (Å²) in [6, 6.07) is 0. The number of phosphoric acid groups is 2. The first-order valence-electron chi connectivity index (χ1n) is 41.0. The van der Waals surface area contributed by atoms with E-state index in [0.717, 1.165) is 122 Å². The molecule has 0 rings (SSSR count). The molecule has 0 aromatic heterocycles. The number of carbonyl (C=O) groups excluding carboxylic acids is 4. The molecule has 0 amide bonds. The molecule has 0 spiro atoms. The Balaban J connectivity index is 5.58. The number of rotatable bonds is 74.